The summed E-state index contributed by atoms with van der Waals surface area (Å²) in [7, 11) is 0. The van der Waals surface area contributed by atoms with E-state index >= 15 is 0 Å². The molecule has 1 rings (SSSR count). The molecule has 2 N–H and O–H groups in total. The highest BCUT2D eigenvalue weighted by Crippen LogP contribution is 2.14. The predicted molar refractivity (Wildman–Crippen MR) is 82.1 cm³/mol. The van der Waals surface area contributed by atoms with Crippen LogP contribution in [-0.2, 0) is 0 Å². The van der Waals surface area contributed by atoms with Crippen molar-refractivity contribution in [3.05, 3.63) is 33.4 Å². The van der Waals surface area contributed by atoms with Gasteiger partial charge in [0.05, 0.1) is 10.6 Å². The van der Waals surface area contributed by atoms with Gasteiger partial charge in [0, 0.05) is 23.1 Å². The summed E-state index contributed by atoms with van der Waals surface area (Å²) >= 11 is 7.00. The average molecular weight is 362 g/mol. The molecular weight excluding hydrogens is 347 g/mol. The lowest BCUT2D eigenvalue weighted by molar-refractivity contribution is 0.0768. The first kappa shape index (κ1) is 14.4. The van der Waals surface area contributed by atoms with Crippen LogP contribution in [0.1, 0.15) is 23.7 Å². The summed E-state index contributed by atoms with van der Waals surface area (Å²) in [6.07, 6.45) is 0.568. The van der Waals surface area contributed by atoms with Gasteiger partial charge in [-0.1, -0.05) is 24.4 Å². The minimum Gasteiger partial charge on any atom is -0.393 e. The van der Waals surface area contributed by atoms with Gasteiger partial charge in [0.15, 0.2) is 0 Å². The molecule has 5 heteroatoms. The molecule has 0 spiro atoms. The summed E-state index contributed by atoms with van der Waals surface area (Å²) < 4.78 is 0.962. The number of nitrogens with zero attached hydrogens (tertiary/aromatic N) is 1. The molecule has 0 aromatic heterocycles. The third-order valence-electron chi connectivity index (χ3n) is 2.40. The Bertz CT molecular complexity index is 423. The molecule has 0 atom stereocenters. The number of halogens is 1. The topological polar surface area (TPSA) is 46.3 Å². The summed E-state index contributed by atoms with van der Waals surface area (Å²) in [5, 5.41) is 0. The molecule has 0 saturated carbocycles. The fourth-order valence-corrected chi connectivity index (χ4v) is 2.16. The zero-order valence-corrected chi connectivity index (χ0v) is 12.6. The van der Waals surface area contributed by atoms with Gasteiger partial charge in [0.25, 0.3) is 5.91 Å². The maximum atomic E-state index is 12.2. The highest BCUT2D eigenvalue weighted by atomic mass is 127. The average Bonchev–Trinajstić information content (AvgIpc) is 2.29. The fraction of sp³-hybridized carbons (Fsp3) is 0.333. The third-order valence-corrected chi connectivity index (χ3v) is 3.55. The molecule has 0 saturated heterocycles. The predicted octanol–water partition coefficient (Wildman–Crippen LogP) is 2.43. The van der Waals surface area contributed by atoms with E-state index in [4.69, 9.17) is 18.0 Å². The van der Waals surface area contributed by atoms with Crippen LogP contribution in [0.3, 0.4) is 0 Å². The van der Waals surface area contributed by atoms with Crippen LogP contribution in [0.25, 0.3) is 0 Å². The number of carbonyl (C=O) groups is 1. The summed E-state index contributed by atoms with van der Waals surface area (Å²) in [6, 6.07) is 7.56. The Hall–Kier alpha value is -0.690. The lowest BCUT2D eigenvalue weighted by Gasteiger charge is -2.21. The van der Waals surface area contributed by atoms with Gasteiger partial charge in [0.1, 0.15) is 0 Å². The molecule has 0 aliphatic rings. The van der Waals surface area contributed by atoms with E-state index in [0.29, 0.717) is 24.5 Å². The van der Waals surface area contributed by atoms with Crippen molar-refractivity contribution >= 4 is 45.7 Å². The zero-order valence-electron chi connectivity index (χ0n) is 9.65. The van der Waals surface area contributed by atoms with Crippen LogP contribution in [0, 0.1) is 3.57 Å². The van der Waals surface area contributed by atoms with Gasteiger partial charge in [-0.15, -0.1) is 0 Å². The van der Waals surface area contributed by atoms with Crippen molar-refractivity contribution in [2.24, 2.45) is 5.73 Å². The molecule has 1 aromatic rings. The lowest BCUT2D eigenvalue weighted by atomic mass is 10.2. The van der Waals surface area contributed by atoms with Crippen molar-refractivity contribution in [3.8, 4) is 0 Å². The molecule has 1 amide bonds. The fourth-order valence-electron chi connectivity index (χ4n) is 1.45. The first-order valence-corrected chi connectivity index (χ1v) is 6.87. The van der Waals surface area contributed by atoms with Crippen LogP contribution in [-0.4, -0.2) is 28.9 Å². The highest BCUT2D eigenvalue weighted by molar-refractivity contribution is 14.1. The molecule has 17 heavy (non-hydrogen) atoms. The maximum absolute atomic E-state index is 12.2. The Balaban J connectivity index is 2.79. The van der Waals surface area contributed by atoms with Gasteiger partial charge in [-0.25, -0.2) is 0 Å². The summed E-state index contributed by atoms with van der Waals surface area (Å²) in [5.74, 6) is 0.0359. The summed E-state index contributed by atoms with van der Waals surface area (Å²) in [5.41, 5.74) is 6.19. The second kappa shape index (κ2) is 6.90. The minimum absolute atomic E-state index is 0.0359. The Morgan fingerprint density at radius 3 is 2.65 bits per heavy atom. The van der Waals surface area contributed by atoms with Crippen LogP contribution in [0.15, 0.2) is 24.3 Å². The Labute approximate surface area is 121 Å². The lowest BCUT2D eigenvalue weighted by Crippen LogP contribution is -2.34. The molecule has 0 aliphatic heterocycles. The van der Waals surface area contributed by atoms with E-state index in [1.807, 2.05) is 31.2 Å². The van der Waals surface area contributed by atoms with Crippen LogP contribution in [0.4, 0.5) is 0 Å². The molecule has 0 radical (unpaired) electrons. The molecule has 3 nitrogen and oxygen atoms in total. The van der Waals surface area contributed by atoms with E-state index in [9.17, 15) is 4.79 Å². The Kier molecular flexibility index (Phi) is 5.84. The monoisotopic (exact) mass is 362 g/mol. The number of hydrogen-bond donors (Lipinski definition) is 1. The Morgan fingerprint density at radius 1 is 1.47 bits per heavy atom. The van der Waals surface area contributed by atoms with Gasteiger partial charge in [-0.3, -0.25) is 4.79 Å². The number of carbonyl (C=O) groups excluding carboxylic acids is 1. The van der Waals surface area contributed by atoms with Gasteiger partial charge < -0.3 is 10.6 Å². The van der Waals surface area contributed by atoms with Crippen molar-refractivity contribution in [2.45, 2.75) is 13.3 Å². The SMILES string of the molecule is CCN(CCC(N)=S)C(=O)c1ccccc1I. The van der Waals surface area contributed by atoms with Crippen LogP contribution >= 0.6 is 34.8 Å². The maximum Gasteiger partial charge on any atom is 0.254 e. The highest BCUT2D eigenvalue weighted by Gasteiger charge is 2.16. The quantitative estimate of drug-likeness (QED) is 0.647. The molecule has 0 unspecified atom stereocenters. The van der Waals surface area contributed by atoms with E-state index < -0.39 is 0 Å². The van der Waals surface area contributed by atoms with Gasteiger partial charge in [0.2, 0.25) is 0 Å². The molecule has 0 aliphatic carbocycles. The van der Waals surface area contributed by atoms with Gasteiger partial charge in [-0.05, 0) is 41.6 Å². The van der Waals surface area contributed by atoms with Crippen LogP contribution < -0.4 is 5.73 Å². The standard InChI is InChI=1S/C12H15IN2OS/c1-2-15(8-7-11(14)17)12(16)9-5-3-4-6-10(9)13/h3-6H,2,7-8H2,1H3,(H2,14,17). The second-order valence-corrected chi connectivity index (χ2v) is 5.27. The zero-order chi connectivity index (χ0) is 12.8. The van der Waals surface area contributed by atoms with E-state index in [-0.39, 0.29) is 5.91 Å². The molecule has 0 fully saturated rings. The number of benzene rings is 1. The van der Waals surface area contributed by atoms with Gasteiger partial charge >= 0.3 is 0 Å². The van der Waals surface area contributed by atoms with E-state index in [2.05, 4.69) is 22.6 Å². The van der Waals surface area contributed by atoms with Gasteiger partial charge in [-0.2, -0.15) is 0 Å². The number of hydrogen-bond acceptors (Lipinski definition) is 2. The van der Waals surface area contributed by atoms with Crippen LogP contribution in [0.2, 0.25) is 0 Å². The molecule has 0 bridgehead atoms. The molecule has 92 valence electrons. The second-order valence-electron chi connectivity index (χ2n) is 3.58. The van der Waals surface area contributed by atoms with Crippen LogP contribution in [0.5, 0.6) is 0 Å². The molecular formula is C12H15IN2OS. The molecule has 1 aromatic carbocycles. The number of amides is 1. The first-order valence-electron chi connectivity index (χ1n) is 5.38. The van der Waals surface area contributed by atoms with E-state index in [0.717, 1.165) is 9.13 Å². The van der Waals surface area contributed by atoms with E-state index in [1.54, 1.807) is 4.90 Å². The molecule has 0 heterocycles. The Morgan fingerprint density at radius 2 is 2.12 bits per heavy atom. The number of thiocarbonyl (C=S) groups is 1. The van der Waals surface area contributed by atoms with Crippen molar-refractivity contribution in [1.29, 1.82) is 0 Å². The van der Waals surface area contributed by atoms with E-state index in [1.165, 1.54) is 0 Å². The normalized spacial score (nSPS) is 10.0. The smallest absolute Gasteiger partial charge is 0.254 e. The third kappa shape index (κ3) is 4.23. The largest absolute Gasteiger partial charge is 0.393 e. The minimum atomic E-state index is 0.0359. The number of rotatable bonds is 5. The summed E-state index contributed by atoms with van der Waals surface area (Å²) in [6.45, 7) is 3.19. The summed E-state index contributed by atoms with van der Waals surface area (Å²) in [4.78, 5) is 14.5. The van der Waals surface area contributed by atoms with Crippen molar-refractivity contribution < 1.29 is 4.79 Å². The van der Waals surface area contributed by atoms with Crippen molar-refractivity contribution in [3.63, 3.8) is 0 Å². The van der Waals surface area contributed by atoms with Crippen molar-refractivity contribution in [2.75, 3.05) is 13.1 Å². The first-order chi connectivity index (χ1) is 8.06. The number of nitrogens with two attached hydrogens (primary N) is 1. The van der Waals surface area contributed by atoms with Crippen molar-refractivity contribution in [1.82, 2.24) is 4.90 Å².